The van der Waals surface area contributed by atoms with Gasteiger partial charge in [0.1, 0.15) is 5.75 Å². The molecule has 2 N–H and O–H groups in total. The molecule has 20 heavy (non-hydrogen) atoms. The monoisotopic (exact) mass is 328 g/mol. The van der Waals surface area contributed by atoms with E-state index in [4.69, 9.17) is 0 Å². The van der Waals surface area contributed by atoms with Crippen molar-refractivity contribution in [3.05, 3.63) is 64.6 Å². The standard InChI is InChI=1S/C17H13BrO2/c18-15-9-8-11(10-19)17-13(5-3-6-14(15)17)12-4-1-2-7-16(12)20/h1-9,19-20H,10H2. The van der Waals surface area contributed by atoms with E-state index in [0.29, 0.717) is 0 Å². The van der Waals surface area contributed by atoms with Crippen molar-refractivity contribution in [3.8, 4) is 16.9 Å². The first-order valence-corrected chi connectivity index (χ1v) is 7.11. The zero-order chi connectivity index (χ0) is 14.1. The molecule has 2 nitrogen and oxygen atoms in total. The number of phenolic OH excluding ortho intramolecular Hbond substituents is 1. The van der Waals surface area contributed by atoms with Crippen molar-refractivity contribution in [2.75, 3.05) is 0 Å². The normalized spacial score (nSPS) is 10.9. The molecule has 0 unspecified atom stereocenters. The molecule has 3 rings (SSSR count). The lowest BCUT2D eigenvalue weighted by atomic mass is 9.94. The minimum Gasteiger partial charge on any atom is -0.507 e. The number of aliphatic hydroxyl groups is 1. The number of fused-ring (bicyclic) bond motifs is 1. The van der Waals surface area contributed by atoms with Crippen LogP contribution in [0.25, 0.3) is 21.9 Å². The van der Waals surface area contributed by atoms with E-state index in [1.54, 1.807) is 12.1 Å². The molecular formula is C17H13BrO2. The maximum Gasteiger partial charge on any atom is 0.123 e. The van der Waals surface area contributed by atoms with Crippen molar-refractivity contribution >= 4 is 26.7 Å². The Labute approximate surface area is 125 Å². The predicted molar refractivity (Wildman–Crippen MR) is 84.7 cm³/mol. The molecule has 0 aromatic heterocycles. The number of aromatic hydroxyl groups is 1. The minimum absolute atomic E-state index is 0.0333. The molecule has 0 saturated carbocycles. The maximum atomic E-state index is 10.1. The fourth-order valence-electron chi connectivity index (χ4n) is 2.50. The summed E-state index contributed by atoms with van der Waals surface area (Å²) in [5, 5.41) is 21.7. The molecule has 3 aromatic carbocycles. The highest BCUT2D eigenvalue weighted by molar-refractivity contribution is 9.10. The molecule has 3 aromatic rings. The third-order valence-corrected chi connectivity index (χ3v) is 4.13. The van der Waals surface area contributed by atoms with Gasteiger partial charge in [-0.3, -0.25) is 0 Å². The van der Waals surface area contributed by atoms with Gasteiger partial charge in [-0.15, -0.1) is 0 Å². The quantitative estimate of drug-likeness (QED) is 0.728. The first-order valence-electron chi connectivity index (χ1n) is 6.31. The Morgan fingerprint density at radius 3 is 2.35 bits per heavy atom. The fraction of sp³-hybridized carbons (Fsp3) is 0.0588. The Bertz CT molecular complexity index is 781. The highest BCUT2D eigenvalue weighted by Crippen LogP contribution is 2.38. The second-order valence-electron chi connectivity index (χ2n) is 4.61. The zero-order valence-electron chi connectivity index (χ0n) is 10.7. The van der Waals surface area contributed by atoms with Crippen LogP contribution in [-0.2, 0) is 6.61 Å². The van der Waals surface area contributed by atoms with Crippen LogP contribution in [0.1, 0.15) is 5.56 Å². The summed E-state index contributed by atoms with van der Waals surface area (Å²) in [6.07, 6.45) is 0. The number of rotatable bonds is 2. The van der Waals surface area contributed by atoms with Gasteiger partial charge in [0, 0.05) is 10.0 Å². The summed E-state index contributed by atoms with van der Waals surface area (Å²) in [4.78, 5) is 0. The van der Waals surface area contributed by atoms with Gasteiger partial charge in [0.2, 0.25) is 0 Å². The number of para-hydroxylation sites is 1. The van der Waals surface area contributed by atoms with Crippen molar-refractivity contribution < 1.29 is 10.2 Å². The van der Waals surface area contributed by atoms with Gasteiger partial charge in [0.05, 0.1) is 6.61 Å². The summed E-state index contributed by atoms with van der Waals surface area (Å²) in [7, 11) is 0. The van der Waals surface area contributed by atoms with Crippen LogP contribution in [0.15, 0.2) is 59.1 Å². The summed E-state index contributed by atoms with van der Waals surface area (Å²) in [5.74, 6) is 0.240. The van der Waals surface area contributed by atoms with E-state index in [1.807, 2.05) is 42.5 Å². The third kappa shape index (κ3) is 2.09. The third-order valence-electron chi connectivity index (χ3n) is 3.44. The first kappa shape index (κ1) is 13.2. The Hall–Kier alpha value is -1.84. The predicted octanol–water partition coefficient (Wildman–Crippen LogP) is 4.47. The van der Waals surface area contributed by atoms with E-state index in [2.05, 4.69) is 15.9 Å². The highest BCUT2D eigenvalue weighted by Gasteiger charge is 2.12. The summed E-state index contributed by atoms with van der Waals surface area (Å²) in [5.41, 5.74) is 2.54. The molecule has 0 aliphatic rings. The summed E-state index contributed by atoms with van der Waals surface area (Å²) in [6.45, 7) is -0.0333. The fourth-order valence-corrected chi connectivity index (χ4v) is 2.96. The average molecular weight is 329 g/mol. The highest BCUT2D eigenvalue weighted by atomic mass is 79.9. The number of benzene rings is 3. The lowest BCUT2D eigenvalue weighted by Crippen LogP contribution is -1.90. The summed E-state index contributed by atoms with van der Waals surface area (Å²) in [6, 6.07) is 17.0. The molecule has 0 amide bonds. The van der Waals surface area contributed by atoms with Crippen molar-refractivity contribution in [2.24, 2.45) is 0 Å². The molecule has 100 valence electrons. The molecule has 0 atom stereocenters. The Morgan fingerprint density at radius 1 is 0.850 bits per heavy atom. The molecule has 0 aliphatic heterocycles. The smallest absolute Gasteiger partial charge is 0.123 e. The van der Waals surface area contributed by atoms with Gasteiger partial charge in [-0.05, 0) is 34.0 Å². The van der Waals surface area contributed by atoms with Gasteiger partial charge in [0.15, 0.2) is 0 Å². The van der Waals surface area contributed by atoms with Crippen molar-refractivity contribution in [2.45, 2.75) is 6.61 Å². The van der Waals surface area contributed by atoms with Crippen LogP contribution in [-0.4, -0.2) is 10.2 Å². The topological polar surface area (TPSA) is 40.5 Å². The molecule has 0 aliphatic carbocycles. The number of hydrogen-bond acceptors (Lipinski definition) is 2. The molecule has 0 radical (unpaired) electrons. The molecular weight excluding hydrogens is 316 g/mol. The molecule has 0 heterocycles. The largest absolute Gasteiger partial charge is 0.507 e. The SMILES string of the molecule is OCc1ccc(Br)c2cccc(-c3ccccc3O)c12. The van der Waals surface area contributed by atoms with E-state index in [1.165, 1.54) is 0 Å². The van der Waals surface area contributed by atoms with Gasteiger partial charge < -0.3 is 10.2 Å². The Balaban J connectivity index is 2.43. The number of halogens is 1. The second kappa shape index (κ2) is 5.27. The van der Waals surface area contributed by atoms with Gasteiger partial charge in [-0.1, -0.05) is 58.4 Å². The number of hydrogen-bond donors (Lipinski definition) is 2. The summed E-state index contributed by atoms with van der Waals surface area (Å²) < 4.78 is 0.974. The van der Waals surface area contributed by atoms with Crippen molar-refractivity contribution in [1.82, 2.24) is 0 Å². The van der Waals surface area contributed by atoms with Crippen molar-refractivity contribution in [3.63, 3.8) is 0 Å². The zero-order valence-corrected chi connectivity index (χ0v) is 12.3. The molecule has 3 heteroatoms. The van der Waals surface area contributed by atoms with Gasteiger partial charge >= 0.3 is 0 Å². The van der Waals surface area contributed by atoms with E-state index < -0.39 is 0 Å². The van der Waals surface area contributed by atoms with Crippen LogP contribution in [0.3, 0.4) is 0 Å². The Morgan fingerprint density at radius 2 is 1.60 bits per heavy atom. The van der Waals surface area contributed by atoms with Gasteiger partial charge in [-0.25, -0.2) is 0 Å². The average Bonchev–Trinajstić information content (AvgIpc) is 2.48. The molecule has 0 bridgehead atoms. The lowest BCUT2D eigenvalue weighted by molar-refractivity contribution is 0.283. The van der Waals surface area contributed by atoms with Gasteiger partial charge in [0.25, 0.3) is 0 Å². The van der Waals surface area contributed by atoms with Crippen LogP contribution in [0.2, 0.25) is 0 Å². The molecule has 0 fully saturated rings. The lowest BCUT2D eigenvalue weighted by Gasteiger charge is -2.13. The van der Waals surface area contributed by atoms with Gasteiger partial charge in [-0.2, -0.15) is 0 Å². The van der Waals surface area contributed by atoms with Crippen LogP contribution in [0.4, 0.5) is 0 Å². The molecule has 0 saturated heterocycles. The second-order valence-corrected chi connectivity index (χ2v) is 5.46. The van der Waals surface area contributed by atoms with E-state index in [0.717, 1.165) is 31.9 Å². The van der Waals surface area contributed by atoms with Crippen LogP contribution < -0.4 is 0 Å². The number of aliphatic hydroxyl groups excluding tert-OH is 1. The van der Waals surface area contributed by atoms with Crippen LogP contribution >= 0.6 is 15.9 Å². The van der Waals surface area contributed by atoms with Crippen LogP contribution in [0, 0.1) is 0 Å². The van der Waals surface area contributed by atoms with E-state index >= 15 is 0 Å². The van der Waals surface area contributed by atoms with E-state index in [9.17, 15) is 10.2 Å². The van der Waals surface area contributed by atoms with Crippen molar-refractivity contribution in [1.29, 1.82) is 0 Å². The number of phenols is 1. The maximum absolute atomic E-state index is 10.1. The van der Waals surface area contributed by atoms with E-state index in [-0.39, 0.29) is 12.4 Å². The first-order chi connectivity index (χ1) is 9.72. The van der Waals surface area contributed by atoms with Crippen LogP contribution in [0.5, 0.6) is 5.75 Å². The summed E-state index contributed by atoms with van der Waals surface area (Å²) >= 11 is 3.54. The Kier molecular flexibility index (Phi) is 3.47. The minimum atomic E-state index is -0.0333. The molecule has 0 spiro atoms.